The number of aromatic amines is 1. The number of carboxylic acids is 1. The molecule has 0 saturated carbocycles. The van der Waals surface area contributed by atoms with Crippen molar-refractivity contribution < 1.29 is 19.2 Å². The van der Waals surface area contributed by atoms with E-state index in [1.807, 2.05) is 59.0 Å². The average Bonchev–Trinajstić information content (AvgIpc) is 3.18. The minimum Gasteiger partial charge on any atom is -0.477 e. The smallest absolute Gasteiger partial charge is 0.477 e. The molecule has 0 amide bonds. The lowest BCUT2D eigenvalue weighted by Gasteiger charge is -2.32. The first-order chi connectivity index (χ1) is 13.1. The van der Waals surface area contributed by atoms with E-state index in [1.165, 1.54) is 6.07 Å². The number of nitrogens with zero attached hydrogens (tertiary/aromatic N) is 1. The van der Waals surface area contributed by atoms with E-state index in [9.17, 15) is 4.79 Å². The van der Waals surface area contributed by atoms with Crippen LogP contribution in [-0.2, 0) is 9.31 Å². The lowest BCUT2D eigenvalue weighted by Crippen LogP contribution is -2.41. The van der Waals surface area contributed by atoms with Gasteiger partial charge in [-0.3, -0.25) is 5.10 Å². The Bertz CT molecular complexity index is 871. The number of hydrogen-bond donors (Lipinski definition) is 3. The molecule has 0 radical (unpaired) electrons. The fraction of sp³-hybridized carbons (Fsp3) is 0.400. The summed E-state index contributed by atoms with van der Waals surface area (Å²) in [5, 5.41) is 18.7. The predicted octanol–water partition coefficient (Wildman–Crippen LogP) is 3.01. The molecule has 1 saturated heterocycles. The number of aromatic carboxylic acids is 1. The second kappa shape index (κ2) is 7.54. The third-order valence-electron chi connectivity index (χ3n) is 5.30. The van der Waals surface area contributed by atoms with Gasteiger partial charge in [0.1, 0.15) is 5.69 Å². The molecule has 1 aromatic carbocycles. The Morgan fingerprint density at radius 2 is 1.82 bits per heavy atom. The van der Waals surface area contributed by atoms with Crippen LogP contribution in [0, 0.1) is 0 Å². The molecule has 0 spiro atoms. The molecule has 7 nitrogen and oxygen atoms in total. The van der Waals surface area contributed by atoms with Crippen molar-refractivity contribution in [1.29, 1.82) is 0 Å². The summed E-state index contributed by atoms with van der Waals surface area (Å²) in [6, 6.07) is 9.27. The molecule has 8 heteroatoms. The van der Waals surface area contributed by atoms with Crippen LogP contribution in [0.2, 0.25) is 0 Å². The van der Waals surface area contributed by atoms with Gasteiger partial charge in [-0.25, -0.2) is 4.79 Å². The maximum absolute atomic E-state index is 11.0. The van der Waals surface area contributed by atoms with Crippen molar-refractivity contribution in [1.82, 2.24) is 15.5 Å². The molecule has 0 unspecified atom stereocenters. The van der Waals surface area contributed by atoms with Gasteiger partial charge in [-0.2, -0.15) is 5.10 Å². The average molecular weight is 383 g/mol. The summed E-state index contributed by atoms with van der Waals surface area (Å²) in [4.78, 5) is 11.0. The van der Waals surface area contributed by atoms with Gasteiger partial charge >= 0.3 is 13.1 Å². The van der Waals surface area contributed by atoms with Crippen molar-refractivity contribution >= 4 is 19.2 Å². The number of benzene rings is 1. The molecular weight excluding hydrogens is 357 g/mol. The van der Waals surface area contributed by atoms with Crippen molar-refractivity contribution in [2.75, 3.05) is 13.6 Å². The van der Waals surface area contributed by atoms with E-state index in [1.54, 1.807) is 0 Å². The van der Waals surface area contributed by atoms with Crippen LogP contribution < -0.4 is 5.32 Å². The first-order valence-corrected chi connectivity index (χ1v) is 9.23. The molecule has 1 aliphatic rings. The number of hydrogen-bond acceptors (Lipinski definition) is 5. The summed E-state index contributed by atoms with van der Waals surface area (Å²) in [6.07, 6.45) is 2.05. The molecule has 3 rings (SSSR count). The zero-order valence-corrected chi connectivity index (χ0v) is 16.9. The van der Waals surface area contributed by atoms with Crippen LogP contribution in [0.5, 0.6) is 0 Å². The topological polar surface area (TPSA) is 96.5 Å². The van der Waals surface area contributed by atoms with E-state index < -0.39 is 24.3 Å². The summed E-state index contributed by atoms with van der Waals surface area (Å²) in [5.41, 5.74) is 2.71. The molecule has 28 heavy (non-hydrogen) atoms. The minimum atomic E-state index is -1.03. The quantitative estimate of drug-likeness (QED) is 0.664. The maximum Gasteiger partial charge on any atom is 0.491 e. The first kappa shape index (κ1) is 20.3. The number of aromatic nitrogens is 2. The summed E-state index contributed by atoms with van der Waals surface area (Å²) in [7, 11) is 1.47. The maximum atomic E-state index is 11.0. The van der Waals surface area contributed by atoms with Crippen LogP contribution in [0.4, 0.5) is 0 Å². The molecule has 148 valence electrons. The largest absolute Gasteiger partial charge is 0.491 e. The second-order valence-corrected chi connectivity index (χ2v) is 7.93. The monoisotopic (exact) mass is 383 g/mol. The fourth-order valence-electron chi connectivity index (χ4n) is 2.94. The highest BCUT2D eigenvalue weighted by molar-refractivity contribution is 6.55. The number of likely N-dealkylation sites (N-methyl/N-ethyl adjacent to an activating group) is 1. The highest BCUT2D eigenvalue weighted by atomic mass is 16.7. The standard InChI is InChI=1S/C20H26BN3O4/c1-19(2)20(3,4)28-21(27-19)15(12-22-5)10-13-6-8-14(9-7-13)16-11-17(18(25)26)24-23-16/h6-11,22H,12H2,1-5H3,(H,23,24)(H,25,26). The van der Waals surface area contributed by atoms with Gasteiger partial charge in [0.05, 0.1) is 16.9 Å². The first-order valence-electron chi connectivity index (χ1n) is 9.23. The number of carboxylic acid groups (broad SMARTS) is 1. The molecule has 1 aliphatic heterocycles. The molecule has 0 aliphatic carbocycles. The molecule has 0 bridgehead atoms. The second-order valence-electron chi connectivity index (χ2n) is 7.93. The summed E-state index contributed by atoms with van der Waals surface area (Å²) < 4.78 is 12.3. The van der Waals surface area contributed by atoms with Crippen LogP contribution in [-0.4, -0.2) is 53.2 Å². The molecule has 1 aromatic heterocycles. The van der Waals surface area contributed by atoms with Gasteiger partial charge < -0.3 is 19.7 Å². The van der Waals surface area contributed by atoms with Crippen LogP contribution in [0.15, 0.2) is 35.8 Å². The normalized spacial score (nSPS) is 18.5. The van der Waals surface area contributed by atoms with Gasteiger partial charge in [-0.15, -0.1) is 0 Å². The van der Waals surface area contributed by atoms with Crippen LogP contribution in [0.1, 0.15) is 43.7 Å². The molecule has 1 fully saturated rings. The van der Waals surface area contributed by atoms with E-state index in [4.69, 9.17) is 14.4 Å². The molecule has 2 aromatic rings. The summed E-state index contributed by atoms with van der Waals surface area (Å²) in [6.45, 7) is 8.78. The van der Waals surface area contributed by atoms with E-state index in [0.29, 0.717) is 12.2 Å². The number of rotatable bonds is 6. The Kier molecular flexibility index (Phi) is 5.47. The zero-order valence-electron chi connectivity index (χ0n) is 16.9. The van der Waals surface area contributed by atoms with Crippen LogP contribution >= 0.6 is 0 Å². The van der Waals surface area contributed by atoms with E-state index in [2.05, 4.69) is 21.6 Å². The van der Waals surface area contributed by atoms with E-state index in [-0.39, 0.29) is 5.69 Å². The molecule has 0 atom stereocenters. The van der Waals surface area contributed by atoms with Crippen molar-refractivity contribution in [3.8, 4) is 11.3 Å². The van der Waals surface area contributed by atoms with Gasteiger partial charge in [0, 0.05) is 12.1 Å². The third-order valence-corrected chi connectivity index (χ3v) is 5.30. The summed E-state index contributed by atoms with van der Waals surface area (Å²) >= 11 is 0. The van der Waals surface area contributed by atoms with Gasteiger partial charge in [-0.1, -0.05) is 30.3 Å². The molecular formula is C20H26BN3O4. The SMILES string of the molecule is CNCC(=Cc1ccc(-c2cc(C(=O)O)[nH]n2)cc1)B1OC(C)(C)C(C)(C)O1. The van der Waals surface area contributed by atoms with Crippen molar-refractivity contribution in [3.63, 3.8) is 0 Å². The van der Waals surface area contributed by atoms with Crippen molar-refractivity contribution in [2.24, 2.45) is 0 Å². The van der Waals surface area contributed by atoms with E-state index >= 15 is 0 Å². The van der Waals surface area contributed by atoms with Crippen molar-refractivity contribution in [3.05, 3.63) is 47.1 Å². The van der Waals surface area contributed by atoms with Gasteiger partial charge in [0.25, 0.3) is 0 Å². The number of carbonyl (C=O) groups is 1. The Morgan fingerprint density at radius 1 is 1.21 bits per heavy atom. The fourth-order valence-corrected chi connectivity index (χ4v) is 2.94. The Labute approximate surface area is 165 Å². The van der Waals surface area contributed by atoms with Crippen LogP contribution in [0.3, 0.4) is 0 Å². The predicted molar refractivity (Wildman–Crippen MR) is 109 cm³/mol. The Hall–Kier alpha value is -2.42. The minimum absolute atomic E-state index is 0.0658. The Morgan fingerprint density at radius 3 is 2.32 bits per heavy atom. The highest BCUT2D eigenvalue weighted by Crippen LogP contribution is 2.38. The zero-order chi connectivity index (χ0) is 20.5. The van der Waals surface area contributed by atoms with Crippen molar-refractivity contribution in [2.45, 2.75) is 38.9 Å². The highest BCUT2D eigenvalue weighted by Gasteiger charge is 2.52. The molecule has 2 heterocycles. The third kappa shape index (κ3) is 4.04. The van der Waals surface area contributed by atoms with Crippen LogP contribution in [0.25, 0.3) is 17.3 Å². The van der Waals surface area contributed by atoms with Gasteiger partial charge in [-0.05, 0) is 51.8 Å². The lowest BCUT2D eigenvalue weighted by molar-refractivity contribution is 0.00578. The number of H-pyrrole nitrogens is 1. The Balaban J connectivity index is 1.82. The van der Waals surface area contributed by atoms with E-state index in [0.717, 1.165) is 16.6 Å². The molecule has 3 N–H and O–H groups in total. The van der Waals surface area contributed by atoms with Gasteiger partial charge in [0.2, 0.25) is 0 Å². The summed E-state index contributed by atoms with van der Waals surface area (Å²) in [5.74, 6) is -1.03. The lowest BCUT2D eigenvalue weighted by atomic mass is 9.77. The van der Waals surface area contributed by atoms with Gasteiger partial charge in [0.15, 0.2) is 0 Å². The number of nitrogens with one attached hydrogen (secondary N) is 2.